The molecule has 0 aromatic heterocycles. The number of hydrogen-bond donors (Lipinski definition) is 2. The lowest BCUT2D eigenvalue weighted by Gasteiger charge is -2.35. The van der Waals surface area contributed by atoms with Crippen molar-refractivity contribution >= 4 is 21.8 Å². The average Bonchev–Trinajstić information content (AvgIpc) is 2.80. The molecule has 1 fully saturated rings. The molecule has 1 aliphatic heterocycles. The Morgan fingerprint density at radius 1 is 1.19 bits per heavy atom. The van der Waals surface area contributed by atoms with Crippen molar-refractivity contribution in [3.05, 3.63) is 24.3 Å². The summed E-state index contributed by atoms with van der Waals surface area (Å²) in [6.45, 7) is 5.19. The van der Waals surface area contributed by atoms with Crippen molar-refractivity contribution in [2.45, 2.75) is 25.2 Å². The van der Waals surface area contributed by atoms with Crippen LogP contribution in [-0.2, 0) is 24.3 Å². The van der Waals surface area contributed by atoms with E-state index in [1.165, 1.54) is 38.4 Å². The van der Waals surface area contributed by atoms with Gasteiger partial charge in [-0.15, -0.1) is 0 Å². The smallest absolute Gasteiger partial charge is 0.248 e. The first-order valence-electron chi connectivity index (χ1n) is 10.5. The van der Waals surface area contributed by atoms with Crippen LogP contribution < -0.4 is 10.2 Å². The van der Waals surface area contributed by atoms with Crippen molar-refractivity contribution in [2.75, 3.05) is 47.0 Å². The van der Waals surface area contributed by atoms with Crippen LogP contribution in [0.4, 0.5) is 0 Å². The summed E-state index contributed by atoms with van der Waals surface area (Å²) in [4.78, 5) is 27.6. The number of nitrogens with one attached hydrogen (secondary N) is 1. The van der Waals surface area contributed by atoms with Gasteiger partial charge in [0.05, 0.1) is 37.1 Å². The van der Waals surface area contributed by atoms with Crippen LogP contribution in [0.1, 0.15) is 20.3 Å². The molecule has 10 nitrogen and oxygen atoms in total. The van der Waals surface area contributed by atoms with Gasteiger partial charge in [0, 0.05) is 26.7 Å². The molecular formula is C21H33N3O7S. The number of carbonyl (C=O) groups excluding carboxylic acids is 2. The molecule has 0 bridgehead atoms. The Balaban J connectivity index is 2.32. The van der Waals surface area contributed by atoms with Crippen LogP contribution in [0.15, 0.2) is 29.2 Å². The van der Waals surface area contributed by atoms with Crippen LogP contribution in [0.2, 0.25) is 0 Å². The monoisotopic (exact) mass is 471 g/mol. The van der Waals surface area contributed by atoms with Crippen LogP contribution >= 0.6 is 0 Å². The fourth-order valence-electron chi connectivity index (χ4n) is 3.74. The molecule has 2 amide bonds. The lowest BCUT2D eigenvalue weighted by Crippen LogP contribution is -2.50. The fourth-order valence-corrected chi connectivity index (χ4v) is 4.94. The normalized spacial score (nSPS) is 16.7. The van der Waals surface area contributed by atoms with Gasteiger partial charge in [-0.2, -0.15) is 0 Å². The number of methoxy groups -OCH3 is 1. The third-order valence-corrected chi connectivity index (χ3v) is 7.36. The summed E-state index contributed by atoms with van der Waals surface area (Å²) in [6, 6.07) is 5.89. The van der Waals surface area contributed by atoms with Gasteiger partial charge in [-0.3, -0.25) is 14.8 Å². The van der Waals surface area contributed by atoms with Gasteiger partial charge in [-0.25, -0.2) is 18.2 Å². The molecule has 1 saturated heterocycles. The quantitative estimate of drug-likeness (QED) is 0.384. The minimum absolute atomic E-state index is 0.0314. The number of carbonyl (C=O) groups is 2. The zero-order chi connectivity index (χ0) is 23.9. The molecule has 0 saturated carbocycles. The topological polar surface area (TPSA) is 125 Å². The van der Waals surface area contributed by atoms with E-state index in [0.717, 1.165) is 4.31 Å². The van der Waals surface area contributed by atoms with E-state index in [-0.39, 0.29) is 23.3 Å². The van der Waals surface area contributed by atoms with E-state index in [9.17, 15) is 23.2 Å². The fraction of sp³-hybridized carbons (Fsp3) is 0.619. The standard InChI is InChI=1S/C21H33N3O7S/c1-15(2)13-18(21(26)24-9-11-31-12-10-24)19(20(25)22-27)14-23(3)32(28,29)17-7-5-16(30-4)6-8-17/h5-8,15,18-19,27H,9-14H2,1-4H3,(H,22,25)/t18-,19+/m1/s1. The van der Waals surface area contributed by atoms with Crippen LogP contribution in [0.25, 0.3) is 0 Å². The van der Waals surface area contributed by atoms with Crippen molar-refractivity contribution in [1.82, 2.24) is 14.7 Å². The zero-order valence-electron chi connectivity index (χ0n) is 19.0. The number of hydroxylamine groups is 1. The number of ether oxygens (including phenoxy) is 2. The van der Waals surface area contributed by atoms with Gasteiger partial charge < -0.3 is 14.4 Å². The van der Waals surface area contributed by atoms with E-state index in [2.05, 4.69) is 0 Å². The number of hydrogen-bond acceptors (Lipinski definition) is 7. The second kappa shape index (κ2) is 11.6. The third kappa shape index (κ3) is 6.41. The Morgan fingerprint density at radius 3 is 2.28 bits per heavy atom. The van der Waals surface area contributed by atoms with Crippen LogP contribution in [0.5, 0.6) is 5.75 Å². The molecule has 11 heteroatoms. The van der Waals surface area contributed by atoms with E-state index >= 15 is 0 Å². The van der Waals surface area contributed by atoms with Crippen molar-refractivity contribution in [2.24, 2.45) is 17.8 Å². The molecule has 1 aliphatic rings. The SMILES string of the molecule is COc1ccc(S(=O)(=O)N(C)C[C@H](C(=O)NO)[C@@H](CC(C)C)C(=O)N2CCOCC2)cc1. The average molecular weight is 472 g/mol. The summed E-state index contributed by atoms with van der Waals surface area (Å²) in [6.07, 6.45) is 0.366. The highest BCUT2D eigenvalue weighted by molar-refractivity contribution is 7.89. The van der Waals surface area contributed by atoms with E-state index in [1.54, 1.807) is 10.4 Å². The molecule has 32 heavy (non-hydrogen) atoms. The third-order valence-electron chi connectivity index (χ3n) is 5.52. The van der Waals surface area contributed by atoms with Crippen LogP contribution in [-0.4, -0.2) is 81.7 Å². The predicted molar refractivity (Wildman–Crippen MR) is 117 cm³/mol. The molecule has 2 atom stereocenters. The molecule has 2 rings (SSSR count). The summed E-state index contributed by atoms with van der Waals surface area (Å²) in [5.41, 5.74) is 1.62. The minimum atomic E-state index is -3.94. The summed E-state index contributed by atoms with van der Waals surface area (Å²) in [7, 11) is -1.11. The maximum Gasteiger partial charge on any atom is 0.248 e. The minimum Gasteiger partial charge on any atom is -0.497 e. The lowest BCUT2D eigenvalue weighted by molar-refractivity contribution is -0.148. The van der Waals surface area contributed by atoms with E-state index in [1.807, 2.05) is 13.8 Å². The zero-order valence-corrected chi connectivity index (χ0v) is 19.8. The van der Waals surface area contributed by atoms with Gasteiger partial charge in [0.25, 0.3) is 0 Å². The largest absolute Gasteiger partial charge is 0.497 e. The molecule has 0 unspecified atom stereocenters. The maximum atomic E-state index is 13.3. The summed E-state index contributed by atoms with van der Waals surface area (Å²) in [5, 5.41) is 9.34. The Kier molecular flexibility index (Phi) is 9.44. The van der Waals surface area contributed by atoms with Gasteiger partial charge in [0.15, 0.2) is 0 Å². The molecule has 1 heterocycles. The number of nitrogens with zero attached hydrogens (tertiary/aromatic N) is 2. The van der Waals surface area contributed by atoms with E-state index in [0.29, 0.717) is 38.5 Å². The van der Waals surface area contributed by atoms with Gasteiger partial charge >= 0.3 is 0 Å². The molecule has 0 radical (unpaired) electrons. The van der Waals surface area contributed by atoms with Gasteiger partial charge in [-0.1, -0.05) is 13.8 Å². The first kappa shape index (κ1) is 26.0. The predicted octanol–water partition coefficient (Wildman–Crippen LogP) is 0.958. The molecule has 180 valence electrons. The molecule has 0 aliphatic carbocycles. The van der Waals surface area contributed by atoms with E-state index < -0.39 is 27.8 Å². The second-order valence-electron chi connectivity index (χ2n) is 8.22. The van der Waals surface area contributed by atoms with Crippen molar-refractivity contribution in [3.63, 3.8) is 0 Å². The Labute approximate surface area is 189 Å². The molecule has 1 aromatic rings. The van der Waals surface area contributed by atoms with Crippen molar-refractivity contribution in [1.29, 1.82) is 0 Å². The lowest BCUT2D eigenvalue weighted by atomic mass is 9.83. The summed E-state index contributed by atoms with van der Waals surface area (Å²) < 4.78 is 37.6. The Morgan fingerprint density at radius 2 is 1.78 bits per heavy atom. The van der Waals surface area contributed by atoms with Gasteiger partial charge in [0.1, 0.15) is 5.75 Å². The van der Waals surface area contributed by atoms with Crippen molar-refractivity contribution in [3.8, 4) is 5.75 Å². The first-order valence-corrected chi connectivity index (χ1v) is 12.0. The van der Waals surface area contributed by atoms with E-state index in [4.69, 9.17) is 9.47 Å². The van der Waals surface area contributed by atoms with Gasteiger partial charge in [0.2, 0.25) is 21.8 Å². The number of benzene rings is 1. The van der Waals surface area contributed by atoms with Gasteiger partial charge in [-0.05, 0) is 36.6 Å². The number of sulfonamides is 1. The molecule has 0 spiro atoms. The number of amides is 2. The number of morpholine rings is 1. The van der Waals surface area contributed by atoms with Crippen molar-refractivity contribution < 1.29 is 32.7 Å². The van der Waals surface area contributed by atoms with Crippen LogP contribution in [0.3, 0.4) is 0 Å². The highest BCUT2D eigenvalue weighted by Gasteiger charge is 2.39. The highest BCUT2D eigenvalue weighted by atomic mass is 32.2. The Hall–Kier alpha value is -2.21. The second-order valence-corrected chi connectivity index (χ2v) is 10.3. The number of rotatable bonds is 10. The molecular weight excluding hydrogens is 438 g/mol. The summed E-state index contributed by atoms with van der Waals surface area (Å²) in [5.74, 6) is -2.33. The highest BCUT2D eigenvalue weighted by Crippen LogP contribution is 2.27. The maximum absolute atomic E-state index is 13.3. The first-order chi connectivity index (χ1) is 15.1. The van der Waals surface area contributed by atoms with Crippen LogP contribution in [0, 0.1) is 17.8 Å². The molecule has 1 aromatic carbocycles. The Bertz CT molecular complexity index is 868. The molecule has 2 N–H and O–H groups in total. The summed E-state index contributed by atoms with van der Waals surface area (Å²) >= 11 is 0.